The molecule has 3 heteroatoms. The van der Waals surface area contributed by atoms with Crippen LogP contribution in [0.2, 0.25) is 0 Å². The molecule has 1 aliphatic heterocycles. The van der Waals surface area contributed by atoms with Gasteiger partial charge in [0.05, 0.1) is 12.3 Å². The number of benzene rings is 1. The third-order valence-corrected chi connectivity index (χ3v) is 3.57. The van der Waals surface area contributed by atoms with Gasteiger partial charge in [-0.15, -0.1) is 0 Å². The number of aromatic nitrogens is 2. The van der Waals surface area contributed by atoms with Crippen LogP contribution in [0.5, 0.6) is 5.75 Å². The van der Waals surface area contributed by atoms with E-state index in [4.69, 9.17) is 4.74 Å². The van der Waals surface area contributed by atoms with Gasteiger partial charge in [-0.05, 0) is 48.7 Å². The molecule has 0 saturated heterocycles. The van der Waals surface area contributed by atoms with Crippen molar-refractivity contribution in [3.8, 4) is 17.0 Å². The largest absolute Gasteiger partial charge is 0.493 e. The lowest BCUT2D eigenvalue weighted by Crippen LogP contribution is -2.07. The van der Waals surface area contributed by atoms with Crippen LogP contribution in [0.15, 0.2) is 48.8 Å². The number of ether oxygens (including phenoxy) is 1. The molecular weight excluding hydrogens is 236 g/mol. The van der Waals surface area contributed by atoms with E-state index in [1.807, 2.05) is 28.8 Å². The molecule has 2 aromatic heterocycles. The van der Waals surface area contributed by atoms with Gasteiger partial charge in [0.25, 0.3) is 0 Å². The third kappa shape index (κ3) is 1.78. The summed E-state index contributed by atoms with van der Waals surface area (Å²) in [7, 11) is 0. The molecule has 0 amide bonds. The maximum atomic E-state index is 5.65. The molecule has 1 aliphatic rings. The first-order valence-corrected chi connectivity index (χ1v) is 6.60. The number of imidazole rings is 1. The Labute approximate surface area is 111 Å². The topological polar surface area (TPSA) is 26.5 Å². The molecule has 0 aliphatic carbocycles. The second-order valence-electron chi connectivity index (χ2n) is 4.87. The lowest BCUT2D eigenvalue weighted by atomic mass is 10.0. The van der Waals surface area contributed by atoms with E-state index in [9.17, 15) is 0 Å². The summed E-state index contributed by atoms with van der Waals surface area (Å²) >= 11 is 0. The summed E-state index contributed by atoms with van der Waals surface area (Å²) in [6.45, 7) is 0.834. The highest BCUT2D eigenvalue weighted by Crippen LogP contribution is 2.29. The maximum Gasteiger partial charge on any atom is 0.137 e. The quantitative estimate of drug-likeness (QED) is 0.662. The molecule has 0 saturated carbocycles. The molecule has 4 rings (SSSR count). The van der Waals surface area contributed by atoms with Crippen molar-refractivity contribution in [1.82, 2.24) is 9.38 Å². The van der Waals surface area contributed by atoms with Gasteiger partial charge in [0.2, 0.25) is 0 Å². The van der Waals surface area contributed by atoms with E-state index in [0.717, 1.165) is 42.1 Å². The van der Waals surface area contributed by atoms with Crippen molar-refractivity contribution in [2.75, 3.05) is 6.61 Å². The zero-order valence-corrected chi connectivity index (χ0v) is 10.5. The Morgan fingerprint density at radius 1 is 1.16 bits per heavy atom. The Hall–Kier alpha value is -2.29. The lowest BCUT2D eigenvalue weighted by molar-refractivity contribution is 0.288. The molecule has 0 bridgehead atoms. The molecule has 0 unspecified atom stereocenters. The first-order chi connectivity index (χ1) is 9.40. The average molecular weight is 250 g/mol. The first kappa shape index (κ1) is 10.6. The van der Waals surface area contributed by atoms with E-state index in [-0.39, 0.29) is 0 Å². The minimum Gasteiger partial charge on any atom is -0.493 e. The Bertz CT molecular complexity index is 712. The van der Waals surface area contributed by atoms with E-state index in [0.29, 0.717) is 0 Å². The smallest absolute Gasteiger partial charge is 0.137 e. The first-order valence-electron chi connectivity index (χ1n) is 6.60. The number of nitrogens with zero attached hydrogens (tertiary/aromatic N) is 2. The Morgan fingerprint density at radius 3 is 3.11 bits per heavy atom. The van der Waals surface area contributed by atoms with Crippen molar-refractivity contribution < 1.29 is 4.74 Å². The molecule has 3 nitrogen and oxygen atoms in total. The van der Waals surface area contributed by atoms with Crippen LogP contribution in [0.25, 0.3) is 16.9 Å². The van der Waals surface area contributed by atoms with Crippen LogP contribution >= 0.6 is 0 Å². The van der Waals surface area contributed by atoms with Gasteiger partial charge < -0.3 is 9.14 Å². The van der Waals surface area contributed by atoms with Crippen LogP contribution in [-0.2, 0) is 6.42 Å². The number of fused-ring (bicyclic) bond motifs is 2. The summed E-state index contributed by atoms with van der Waals surface area (Å²) in [5.41, 5.74) is 4.44. The summed E-state index contributed by atoms with van der Waals surface area (Å²) in [5, 5.41) is 0. The highest BCUT2D eigenvalue weighted by atomic mass is 16.5. The van der Waals surface area contributed by atoms with Crippen molar-refractivity contribution in [2.24, 2.45) is 0 Å². The number of hydrogen-bond donors (Lipinski definition) is 0. The Balaban J connectivity index is 1.83. The third-order valence-electron chi connectivity index (χ3n) is 3.57. The summed E-state index contributed by atoms with van der Waals surface area (Å²) in [5.74, 6) is 1.03. The van der Waals surface area contributed by atoms with Gasteiger partial charge in [-0.3, -0.25) is 0 Å². The van der Waals surface area contributed by atoms with Gasteiger partial charge in [0.15, 0.2) is 0 Å². The molecule has 0 fully saturated rings. The van der Waals surface area contributed by atoms with Gasteiger partial charge in [0.1, 0.15) is 11.4 Å². The normalized spacial score (nSPS) is 14.1. The van der Waals surface area contributed by atoms with Crippen LogP contribution in [0.1, 0.15) is 12.0 Å². The van der Waals surface area contributed by atoms with Crippen LogP contribution in [0.3, 0.4) is 0 Å². The van der Waals surface area contributed by atoms with Crippen molar-refractivity contribution in [3.63, 3.8) is 0 Å². The molecular formula is C16H14N2O. The van der Waals surface area contributed by atoms with Crippen LogP contribution < -0.4 is 4.74 Å². The monoisotopic (exact) mass is 250 g/mol. The molecule has 3 heterocycles. The van der Waals surface area contributed by atoms with E-state index < -0.39 is 0 Å². The Kier molecular flexibility index (Phi) is 2.30. The van der Waals surface area contributed by atoms with Crippen molar-refractivity contribution in [3.05, 3.63) is 54.4 Å². The van der Waals surface area contributed by atoms with E-state index in [2.05, 4.69) is 29.4 Å². The summed E-state index contributed by atoms with van der Waals surface area (Å²) < 4.78 is 7.69. The van der Waals surface area contributed by atoms with Gasteiger partial charge in [-0.2, -0.15) is 0 Å². The highest BCUT2D eigenvalue weighted by Gasteiger charge is 2.12. The number of hydrogen-bond acceptors (Lipinski definition) is 2. The van der Waals surface area contributed by atoms with Crippen LogP contribution in [0, 0.1) is 0 Å². The fraction of sp³-hybridized carbons (Fsp3) is 0.188. The van der Waals surface area contributed by atoms with E-state index in [1.165, 1.54) is 5.56 Å². The van der Waals surface area contributed by atoms with Gasteiger partial charge >= 0.3 is 0 Å². The molecule has 19 heavy (non-hydrogen) atoms. The predicted molar refractivity (Wildman–Crippen MR) is 74.4 cm³/mol. The second kappa shape index (κ2) is 4.12. The average Bonchev–Trinajstić information content (AvgIpc) is 2.90. The molecule has 0 radical (unpaired) electrons. The van der Waals surface area contributed by atoms with E-state index in [1.54, 1.807) is 0 Å². The van der Waals surface area contributed by atoms with Gasteiger partial charge in [-0.1, -0.05) is 6.07 Å². The molecule has 0 atom stereocenters. The predicted octanol–water partition coefficient (Wildman–Crippen LogP) is 3.33. The number of rotatable bonds is 1. The van der Waals surface area contributed by atoms with Crippen LogP contribution in [0.4, 0.5) is 0 Å². The molecule has 1 aromatic carbocycles. The summed E-state index contributed by atoms with van der Waals surface area (Å²) in [6, 6.07) is 12.4. The van der Waals surface area contributed by atoms with Gasteiger partial charge in [0, 0.05) is 18.0 Å². The molecule has 0 N–H and O–H groups in total. The molecule has 0 spiro atoms. The number of aryl methyl sites for hydroxylation is 1. The van der Waals surface area contributed by atoms with E-state index >= 15 is 0 Å². The Morgan fingerprint density at radius 2 is 2.16 bits per heavy atom. The van der Waals surface area contributed by atoms with Crippen LogP contribution in [-0.4, -0.2) is 16.0 Å². The standard InChI is InChI=1S/C16H14N2O/c1-2-8-18-11-14(17-16(18)5-1)12-6-7-15-13(10-12)4-3-9-19-15/h1-2,5-8,10-11H,3-4,9H2. The lowest BCUT2D eigenvalue weighted by Gasteiger charge is -2.17. The second-order valence-corrected chi connectivity index (χ2v) is 4.87. The van der Waals surface area contributed by atoms with Crippen molar-refractivity contribution in [2.45, 2.75) is 12.8 Å². The molecule has 94 valence electrons. The van der Waals surface area contributed by atoms with Crippen molar-refractivity contribution >= 4 is 5.65 Å². The molecule has 3 aromatic rings. The SMILES string of the molecule is c1ccn2cc(-c3ccc4c(c3)CCCO4)nc2c1. The summed E-state index contributed by atoms with van der Waals surface area (Å²) in [4.78, 5) is 4.65. The minimum absolute atomic E-state index is 0.834. The zero-order chi connectivity index (χ0) is 12.7. The maximum absolute atomic E-state index is 5.65. The zero-order valence-electron chi connectivity index (χ0n) is 10.5. The number of pyridine rings is 1. The highest BCUT2D eigenvalue weighted by molar-refractivity contribution is 5.65. The van der Waals surface area contributed by atoms with Crippen molar-refractivity contribution in [1.29, 1.82) is 0 Å². The minimum atomic E-state index is 0.834. The summed E-state index contributed by atoms with van der Waals surface area (Å²) in [6.07, 6.45) is 6.28. The van der Waals surface area contributed by atoms with Gasteiger partial charge in [-0.25, -0.2) is 4.98 Å². The fourth-order valence-corrected chi connectivity index (χ4v) is 2.59. The fourth-order valence-electron chi connectivity index (χ4n) is 2.59.